The average molecular weight is 285 g/mol. The summed E-state index contributed by atoms with van der Waals surface area (Å²) in [4.78, 5) is 15.1. The van der Waals surface area contributed by atoms with E-state index >= 15 is 0 Å². The van der Waals surface area contributed by atoms with Crippen LogP contribution in [0, 0.1) is 11.6 Å². The summed E-state index contributed by atoms with van der Waals surface area (Å²) in [6, 6.07) is 9.59. The Morgan fingerprint density at radius 3 is 2.43 bits per heavy atom. The third kappa shape index (κ3) is 2.23. The van der Waals surface area contributed by atoms with Crippen LogP contribution < -0.4 is 0 Å². The fourth-order valence-corrected chi connectivity index (χ4v) is 2.22. The molecule has 1 aromatic heterocycles. The van der Waals surface area contributed by atoms with Crippen molar-refractivity contribution in [3.8, 4) is 11.3 Å². The standard InChI is InChI=1S/C16H9F2NO2/c17-12-2-1-3-13(18)14(12)15-11-8-10(16(20)21)5-4-9(11)6-7-19-15/h1-8H,(H,20,21). The maximum Gasteiger partial charge on any atom is 0.335 e. The minimum atomic E-state index is -1.11. The van der Waals surface area contributed by atoms with Crippen LogP contribution in [0.25, 0.3) is 22.0 Å². The molecule has 1 N–H and O–H groups in total. The molecule has 0 saturated heterocycles. The Balaban J connectivity index is 2.37. The van der Waals surface area contributed by atoms with Crippen LogP contribution in [-0.4, -0.2) is 16.1 Å². The van der Waals surface area contributed by atoms with Gasteiger partial charge in [0.1, 0.15) is 11.6 Å². The van der Waals surface area contributed by atoms with Gasteiger partial charge in [0.2, 0.25) is 0 Å². The van der Waals surface area contributed by atoms with E-state index in [0.717, 1.165) is 12.1 Å². The average Bonchev–Trinajstić information content (AvgIpc) is 2.46. The maximum absolute atomic E-state index is 13.9. The van der Waals surface area contributed by atoms with Gasteiger partial charge < -0.3 is 5.11 Å². The molecule has 0 spiro atoms. The number of halogens is 2. The van der Waals surface area contributed by atoms with E-state index in [2.05, 4.69) is 4.98 Å². The number of aromatic nitrogens is 1. The van der Waals surface area contributed by atoms with Crippen LogP contribution in [-0.2, 0) is 0 Å². The molecule has 2 aromatic carbocycles. The van der Waals surface area contributed by atoms with Crippen molar-refractivity contribution in [3.63, 3.8) is 0 Å². The fraction of sp³-hybridized carbons (Fsp3) is 0. The Kier molecular flexibility index (Phi) is 3.10. The summed E-state index contributed by atoms with van der Waals surface area (Å²) in [6.07, 6.45) is 1.43. The van der Waals surface area contributed by atoms with Gasteiger partial charge in [0, 0.05) is 11.6 Å². The van der Waals surface area contributed by atoms with Crippen molar-refractivity contribution in [2.75, 3.05) is 0 Å². The summed E-state index contributed by atoms with van der Waals surface area (Å²) < 4.78 is 27.9. The lowest BCUT2D eigenvalue weighted by Crippen LogP contribution is -1.98. The zero-order chi connectivity index (χ0) is 15.0. The van der Waals surface area contributed by atoms with Gasteiger partial charge >= 0.3 is 5.97 Å². The first kappa shape index (κ1) is 13.2. The van der Waals surface area contributed by atoms with Gasteiger partial charge in [-0.15, -0.1) is 0 Å². The van der Waals surface area contributed by atoms with Gasteiger partial charge in [0.15, 0.2) is 0 Å². The number of carboxylic acids is 1. The van der Waals surface area contributed by atoms with E-state index in [1.54, 1.807) is 12.1 Å². The summed E-state index contributed by atoms with van der Waals surface area (Å²) >= 11 is 0. The SMILES string of the molecule is O=C(O)c1ccc2ccnc(-c3c(F)cccc3F)c2c1. The molecule has 0 amide bonds. The molecule has 0 unspecified atom stereocenters. The molecule has 0 aliphatic carbocycles. The monoisotopic (exact) mass is 285 g/mol. The second-order valence-corrected chi connectivity index (χ2v) is 4.50. The number of hydrogen-bond donors (Lipinski definition) is 1. The zero-order valence-corrected chi connectivity index (χ0v) is 10.7. The molecule has 5 heteroatoms. The van der Waals surface area contributed by atoms with Crippen molar-refractivity contribution in [1.29, 1.82) is 0 Å². The first-order valence-corrected chi connectivity index (χ1v) is 6.14. The Morgan fingerprint density at radius 1 is 1.05 bits per heavy atom. The smallest absolute Gasteiger partial charge is 0.335 e. The summed E-state index contributed by atoms with van der Waals surface area (Å²) in [5.41, 5.74) is -0.134. The summed E-state index contributed by atoms with van der Waals surface area (Å²) in [5.74, 6) is -2.59. The van der Waals surface area contributed by atoms with Crippen molar-refractivity contribution < 1.29 is 18.7 Å². The lowest BCUT2D eigenvalue weighted by molar-refractivity contribution is 0.0697. The summed E-state index contributed by atoms with van der Waals surface area (Å²) in [7, 11) is 0. The van der Waals surface area contributed by atoms with Crippen molar-refractivity contribution in [1.82, 2.24) is 4.98 Å². The van der Waals surface area contributed by atoms with Crippen molar-refractivity contribution in [2.45, 2.75) is 0 Å². The number of aromatic carboxylic acids is 1. The highest BCUT2D eigenvalue weighted by Gasteiger charge is 2.16. The predicted molar refractivity (Wildman–Crippen MR) is 74.1 cm³/mol. The largest absolute Gasteiger partial charge is 0.478 e. The van der Waals surface area contributed by atoms with E-state index in [0.29, 0.717) is 10.8 Å². The topological polar surface area (TPSA) is 50.2 Å². The van der Waals surface area contributed by atoms with Gasteiger partial charge in [0.25, 0.3) is 0 Å². The molecular weight excluding hydrogens is 276 g/mol. The molecule has 0 bridgehead atoms. The quantitative estimate of drug-likeness (QED) is 0.777. The number of rotatable bonds is 2. The molecular formula is C16H9F2NO2. The number of carbonyl (C=O) groups is 1. The highest BCUT2D eigenvalue weighted by Crippen LogP contribution is 2.31. The third-order valence-electron chi connectivity index (χ3n) is 3.21. The minimum absolute atomic E-state index is 0.0356. The lowest BCUT2D eigenvalue weighted by atomic mass is 10.0. The maximum atomic E-state index is 13.9. The van der Waals surface area contributed by atoms with Gasteiger partial charge in [-0.2, -0.15) is 0 Å². The van der Waals surface area contributed by atoms with Crippen molar-refractivity contribution in [2.24, 2.45) is 0 Å². The molecule has 104 valence electrons. The first-order valence-electron chi connectivity index (χ1n) is 6.14. The van der Waals surface area contributed by atoms with E-state index in [1.165, 1.54) is 24.4 Å². The van der Waals surface area contributed by atoms with Crippen LogP contribution in [0.4, 0.5) is 8.78 Å². The van der Waals surface area contributed by atoms with Gasteiger partial charge in [-0.1, -0.05) is 12.1 Å². The predicted octanol–water partition coefficient (Wildman–Crippen LogP) is 3.88. The van der Waals surface area contributed by atoms with Crippen LogP contribution >= 0.6 is 0 Å². The molecule has 3 nitrogen and oxygen atoms in total. The zero-order valence-electron chi connectivity index (χ0n) is 10.7. The van der Waals surface area contributed by atoms with Gasteiger partial charge in [-0.3, -0.25) is 4.98 Å². The normalized spacial score (nSPS) is 10.8. The second kappa shape index (κ2) is 4.94. The molecule has 3 rings (SSSR count). The van der Waals surface area contributed by atoms with E-state index in [4.69, 9.17) is 5.11 Å². The van der Waals surface area contributed by atoms with Crippen molar-refractivity contribution in [3.05, 3.63) is 65.9 Å². The van der Waals surface area contributed by atoms with Crippen LogP contribution in [0.1, 0.15) is 10.4 Å². The van der Waals surface area contributed by atoms with E-state index in [-0.39, 0.29) is 16.8 Å². The van der Waals surface area contributed by atoms with E-state index in [9.17, 15) is 13.6 Å². The third-order valence-corrected chi connectivity index (χ3v) is 3.21. The van der Waals surface area contributed by atoms with Gasteiger partial charge in [0.05, 0.1) is 16.8 Å². The van der Waals surface area contributed by atoms with Crippen LogP contribution in [0.2, 0.25) is 0 Å². The number of nitrogens with zero attached hydrogens (tertiary/aromatic N) is 1. The second-order valence-electron chi connectivity index (χ2n) is 4.50. The van der Waals surface area contributed by atoms with Gasteiger partial charge in [-0.25, -0.2) is 13.6 Å². The van der Waals surface area contributed by atoms with Crippen molar-refractivity contribution >= 4 is 16.7 Å². The number of hydrogen-bond acceptors (Lipinski definition) is 2. The summed E-state index contributed by atoms with van der Waals surface area (Å²) in [5, 5.41) is 10.1. The molecule has 21 heavy (non-hydrogen) atoms. The summed E-state index contributed by atoms with van der Waals surface area (Å²) in [6.45, 7) is 0. The Hall–Kier alpha value is -2.82. The highest BCUT2D eigenvalue weighted by molar-refractivity contribution is 6.00. The minimum Gasteiger partial charge on any atom is -0.478 e. The molecule has 1 heterocycles. The van der Waals surface area contributed by atoms with Gasteiger partial charge in [-0.05, 0) is 35.7 Å². The van der Waals surface area contributed by atoms with E-state index < -0.39 is 17.6 Å². The van der Waals surface area contributed by atoms with Crippen LogP contribution in [0.15, 0.2) is 48.7 Å². The number of fused-ring (bicyclic) bond motifs is 1. The molecule has 0 radical (unpaired) electrons. The molecule has 0 atom stereocenters. The molecule has 0 aliphatic rings. The van der Waals surface area contributed by atoms with Crippen LogP contribution in [0.5, 0.6) is 0 Å². The highest BCUT2D eigenvalue weighted by atomic mass is 19.1. The molecule has 3 aromatic rings. The van der Waals surface area contributed by atoms with E-state index in [1.807, 2.05) is 0 Å². The fourth-order valence-electron chi connectivity index (χ4n) is 2.22. The Bertz CT molecular complexity index is 842. The van der Waals surface area contributed by atoms with Crippen LogP contribution in [0.3, 0.4) is 0 Å². The molecule has 0 saturated carbocycles. The Labute approximate surface area is 118 Å². The number of carboxylic acid groups (broad SMARTS) is 1. The lowest BCUT2D eigenvalue weighted by Gasteiger charge is -2.08. The molecule has 0 fully saturated rings. The first-order chi connectivity index (χ1) is 10.1. The number of pyridine rings is 1. The molecule has 0 aliphatic heterocycles. The number of benzene rings is 2. The Morgan fingerprint density at radius 2 is 1.76 bits per heavy atom.